The van der Waals surface area contributed by atoms with E-state index in [1.807, 2.05) is 0 Å². The van der Waals surface area contributed by atoms with Gasteiger partial charge in [-0.3, -0.25) is 0 Å². The molecule has 0 aromatic carbocycles. The second-order valence-electron chi connectivity index (χ2n) is 3.12. The Labute approximate surface area is 137 Å². The normalized spacial score (nSPS) is 15.4. The molecule has 18 heteroatoms. The zero-order valence-electron chi connectivity index (χ0n) is 8.73. The molecule has 0 fully saturated rings. The molecule has 0 bridgehead atoms. The fraction of sp³-hybridized carbons (Fsp3) is 1.00. The van der Waals surface area contributed by atoms with Crippen LogP contribution in [-0.4, -0.2) is 69.3 Å². The summed E-state index contributed by atoms with van der Waals surface area (Å²) in [5, 5.41) is -7.23. The quantitative estimate of drug-likeness (QED) is 0.557. The van der Waals surface area contributed by atoms with Crippen LogP contribution in [0.25, 0.3) is 0 Å². The van der Waals surface area contributed by atoms with E-state index in [1.165, 1.54) is 0 Å². The van der Waals surface area contributed by atoms with Crippen molar-refractivity contribution in [2.75, 3.05) is 0 Å². The number of alkyl halides is 10. The monoisotopic (exact) mass is 405 g/mol. The first-order valence-electron chi connectivity index (χ1n) is 3.87. The fourth-order valence-electron chi connectivity index (χ4n) is 0.578. The Bertz CT molecular complexity index is 604. The van der Waals surface area contributed by atoms with Crippen molar-refractivity contribution in [1.29, 1.82) is 0 Å². The molecule has 0 atom stereocenters. The molecule has 0 aromatic rings. The summed E-state index contributed by atoms with van der Waals surface area (Å²) in [6.45, 7) is 0. The molecular formula is C4H2F10NNaO4S2. The summed E-state index contributed by atoms with van der Waals surface area (Å²) in [6.07, 6.45) is -7.19. The molecule has 1 N–H and O–H groups in total. The molecule has 130 valence electrons. The van der Waals surface area contributed by atoms with Crippen LogP contribution in [0, 0.1) is 0 Å². The van der Waals surface area contributed by atoms with E-state index >= 15 is 0 Å². The van der Waals surface area contributed by atoms with Gasteiger partial charge < -0.3 is 0 Å². The van der Waals surface area contributed by atoms with E-state index in [-0.39, 0.29) is 29.6 Å². The second kappa shape index (κ2) is 6.23. The average Bonchev–Trinajstić information content (AvgIpc) is 2.11. The number of sulfonamides is 2. The van der Waals surface area contributed by atoms with Gasteiger partial charge in [-0.05, 0) is 0 Å². The minimum atomic E-state index is -7.60. The molecule has 0 amide bonds. The molecule has 0 aromatic heterocycles. The predicted molar refractivity (Wildman–Crippen MR) is 50.1 cm³/mol. The molecule has 0 aliphatic heterocycles. The van der Waals surface area contributed by atoms with Gasteiger partial charge in [0.2, 0.25) is 0 Å². The molecule has 0 saturated heterocycles. The molecule has 0 saturated carbocycles. The Morgan fingerprint density at radius 2 is 0.955 bits per heavy atom. The van der Waals surface area contributed by atoms with Gasteiger partial charge in [0.25, 0.3) is 10.0 Å². The van der Waals surface area contributed by atoms with Gasteiger partial charge in [-0.25, -0.2) is 16.8 Å². The maximum absolute atomic E-state index is 12.6. The van der Waals surface area contributed by atoms with Gasteiger partial charge in [-0.15, -0.1) is 0 Å². The van der Waals surface area contributed by atoms with Crippen molar-refractivity contribution in [3.8, 4) is 0 Å². The van der Waals surface area contributed by atoms with E-state index in [0.717, 1.165) is 0 Å². The standard InChI is InChI=1S/C4HF10NO4S2.Na.H/c5-1(6,2(7,8)9)3(10,11)20(16,17)15-21(18,19)4(12,13)14;;/h15H;;. The van der Waals surface area contributed by atoms with Crippen molar-refractivity contribution in [3.05, 3.63) is 0 Å². The van der Waals surface area contributed by atoms with Crippen LogP contribution in [0.15, 0.2) is 0 Å². The van der Waals surface area contributed by atoms with Gasteiger partial charge in [0, 0.05) is 0 Å². The molecule has 0 rings (SSSR count). The molecule has 22 heavy (non-hydrogen) atoms. The van der Waals surface area contributed by atoms with Crippen molar-refractivity contribution in [3.63, 3.8) is 0 Å². The van der Waals surface area contributed by atoms with Crippen molar-refractivity contribution < 1.29 is 60.7 Å². The van der Waals surface area contributed by atoms with E-state index < -0.39 is 47.0 Å². The Morgan fingerprint density at radius 3 is 1.18 bits per heavy atom. The molecule has 0 radical (unpaired) electrons. The van der Waals surface area contributed by atoms with Crippen molar-refractivity contribution in [1.82, 2.24) is 4.13 Å². The van der Waals surface area contributed by atoms with Gasteiger partial charge >= 0.3 is 62.4 Å². The Morgan fingerprint density at radius 1 is 0.636 bits per heavy atom. The summed E-state index contributed by atoms with van der Waals surface area (Å²) in [5.41, 5.74) is -6.55. The van der Waals surface area contributed by atoms with Crippen LogP contribution >= 0.6 is 0 Å². The van der Waals surface area contributed by atoms with E-state index in [9.17, 15) is 60.7 Å². The number of nitrogens with one attached hydrogen (secondary N) is 1. The zero-order chi connectivity index (χ0) is 17.7. The summed E-state index contributed by atoms with van der Waals surface area (Å²) in [5.74, 6) is -7.35. The summed E-state index contributed by atoms with van der Waals surface area (Å²) in [6, 6.07) is 0. The number of hydrogen-bond acceptors (Lipinski definition) is 4. The van der Waals surface area contributed by atoms with Crippen LogP contribution in [0.3, 0.4) is 0 Å². The van der Waals surface area contributed by atoms with E-state index in [1.54, 1.807) is 0 Å². The Hall–Kier alpha value is 0.160. The molecule has 0 aliphatic carbocycles. The minimum absolute atomic E-state index is 0. The first-order chi connectivity index (χ1) is 8.71. The van der Waals surface area contributed by atoms with Gasteiger partial charge in [-0.2, -0.15) is 43.9 Å². The van der Waals surface area contributed by atoms with Crippen LogP contribution in [0.4, 0.5) is 43.9 Å². The molecule has 0 heterocycles. The molecular weight excluding hydrogens is 403 g/mol. The van der Waals surface area contributed by atoms with Gasteiger partial charge in [0.05, 0.1) is 0 Å². The third-order valence-electron chi connectivity index (χ3n) is 1.58. The van der Waals surface area contributed by atoms with Crippen LogP contribution < -0.4 is 4.13 Å². The number of rotatable bonds is 4. The maximum atomic E-state index is 12.6. The average molecular weight is 405 g/mol. The van der Waals surface area contributed by atoms with E-state index in [0.29, 0.717) is 0 Å². The molecule has 0 spiro atoms. The second-order valence-corrected chi connectivity index (χ2v) is 6.78. The first kappa shape index (κ1) is 24.4. The number of halogens is 10. The third-order valence-corrected chi connectivity index (χ3v) is 4.88. The fourth-order valence-corrected chi connectivity index (χ4v) is 2.98. The topological polar surface area (TPSA) is 80.3 Å². The molecule has 0 aliphatic rings. The predicted octanol–water partition coefficient (Wildman–Crippen LogP) is 0.897. The summed E-state index contributed by atoms with van der Waals surface area (Å²) >= 11 is 0. The Kier molecular flexibility index (Phi) is 6.91. The van der Waals surface area contributed by atoms with Crippen LogP contribution in [0.5, 0.6) is 0 Å². The molecule has 5 nitrogen and oxygen atoms in total. The summed E-state index contributed by atoms with van der Waals surface area (Å²) in [7, 11) is -14.8. The van der Waals surface area contributed by atoms with Crippen molar-refractivity contribution in [2.45, 2.75) is 22.9 Å². The van der Waals surface area contributed by atoms with Gasteiger partial charge in [0.1, 0.15) is 0 Å². The molecule has 0 unspecified atom stereocenters. The number of hydrogen-bond donors (Lipinski definition) is 1. The van der Waals surface area contributed by atoms with Crippen molar-refractivity contribution >= 4 is 49.6 Å². The van der Waals surface area contributed by atoms with E-state index in [2.05, 4.69) is 0 Å². The summed E-state index contributed by atoms with van der Waals surface area (Å²) < 4.78 is 160. The van der Waals surface area contributed by atoms with Crippen molar-refractivity contribution in [2.24, 2.45) is 0 Å². The SMILES string of the molecule is O=S(=O)(NS(=O)(=O)C(F)(F)C(F)(F)C(F)(F)F)C(F)(F)F.[NaH]. The van der Waals surface area contributed by atoms with Crippen LogP contribution in [-0.2, 0) is 20.0 Å². The third kappa shape index (κ3) is 4.16. The Balaban J connectivity index is 0. The van der Waals surface area contributed by atoms with Gasteiger partial charge in [-0.1, -0.05) is 4.13 Å². The van der Waals surface area contributed by atoms with Gasteiger partial charge in [0.15, 0.2) is 0 Å². The van der Waals surface area contributed by atoms with Crippen LogP contribution in [0.1, 0.15) is 0 Å². The van der Waals surface area contributed by atoms with Crippen LogP contribution in [0.2, 0.25) is 0 Å². The first-order valence-corrected chi connectivity index (χ1v) is 6.84. The zero-order valence-corrected chi connectivity index (χ0v) is 10.4. The summed E-state index contributed by atoms with van der Waals surface area (Å²) in [4.78, 5) is 0. The van der Waals surface area contributed by atoms with E-state index in [4.69, 9.17) is 0 Å².